The molecule has 0 atom stereocenters. The van der Waals surface area contributed by atoms with E-state index in [1.807, 2.05) is 16.8 Å². The summed E-state index contributed by atoms with van der Waals surface area (Å²) >= 11 is 0. The Morgan fingerprint density at radius 3 is 2.79 bits per heavy atom. The molecule has 0 saturated carbocycles. The molecule has 1 aliphatic rings. The summed E-state index contributed by atoms with van der Waals surface area (Å²) in [4.78, 5) is 15.4. The molecule has 1 amide bonds. The maximum absolute atomic E-state index is 11.7. The van der Waals surface area contributed by atoms with Crippen LogP contribution in [-0.4, -0.2) is 62.0 Å². The third-order valence-electron chi connectivity index (χ3n) is 2.24. The Bertz CT molecular complexity index is 228. The third-order valence-corrected chi connectivity index (χ3v) is 2.24. The minimum absolute atomic E-state index is 0.171. The van der Waals surface area contributed by atoms with Gasteiger partial charge in [0.25, 0.3) is 0 Å². The molecule has 0 unspecified atom stereocenters. The van der Waals surface area contributed by atoms with Crippen molar-refractivity contribution in [1.29, 1.82) is 0 Å². The quantitative estimate of drug-likeness (QED) is 0.586. The van der Waals surface area contributed by atoms with Crippen LogP contribution in [0.4, 0.5) is 0 Å². The van der Waals surface area contributed by atoms with Gasteiger partial charge >= 0.3 is 0 Å². The van der Waals surface area contributed by atoms with Crippen LogP contribution in [0.3, 0.4) is 0 Å². The number of amides is 1. The highest BCUT2D eigenvalue weighted by Crippen LogP contribution is 1.94. The highest BCUT2D eigenvalue weighted by atomic mass is 16.2. The van der Waals surface area contributed by atoms with Crippen LogP contribution in [0.2, 0.25) is 0 Å². The van der Waals surface area contributed by atoms with Crippen LogP contribution < -0.4 is 5.32 Å². The summed E-state index contributed by atoms with van der Waals surface area (Å²) in [7, 11) is 1.86. The summed E-state index contributed by atoms with van der Waals surface area (Å²) < 4.78 is 0. The molecule has 1 N–H and O–H groups in total. The molecule has 4 heteroatoms. The lowest BCUT2D eigenvalue weighted by atomic mass is 10.3. The van der Waals surface area contributed by atoms with Crippen LogP contribution >= 0.6 is 0 Å². The molecule has 0 aromatic rings. The van der Waals surface area contributed by atoms with Gasteiger partial charge in [-0.25, -0.2) is 0 Å². The normalized spacial score (nSPS) is 16.8. The predicted molar refractivity (Wildman–Crippen MR) is 55.8 cm³/mol. The van der Waals surface area contributed by atoms with E-state index in [0.717, 1.165) is 26.2 Å². The first-order valence-electron chi connectivity index (χ1n) is 4.84. The van der Waals surface area contributed by atoms with E-state index in [0.29, 0.717) is 13.1 Å². The smallest absolute Gasteiger partial charge is 0.236 e. The molecule has 0 aromatic heterocycles. The van der Waals surface area contributed by atoms with Gasteiger partial charge in [-0.05, 0) is 7.05 Å². The van der Waals surface area contributed by atoms with E-state index < -0.39 is 0 Å². The molecule has 0 aliphatic carbocycles. The lowest BCUT2D eigenvalue weighted by molar-refractivity contribution is -0.132. The number of likely N-dealkylation sites (N-methyl/N-ethyl adjacent to an activating group) is 1. The SMILES string of the molecule is C#CCN(C)CC(=O)N1CCNCC1. The largest absolute Gasteiger partial charge is 0.339 e. The Labute approximate surface area is 85.2 Å². The Hall–Kier alpha value is -1.05. The maximum Gasteiger partial charge on any atom is 0.236 e. The number of rotatable bonds is 3. The van der Waals surface area contributed by atoms with Crippen molar-refractivity contribution in [3.05, 3.63) is 0 Å². The van der Waals surface area contributed by atoms with E-state index >= 15 is 0 Å². The van der Waals surface area contributed by atoms with E-state index in [2.05, 4.69) is 11.2 Å². The monoisotopic (exact) mass is 195 g/mol. The summed E-state index contributed by atoms with van der Waals surface area (Å²) in [6.07, 6.45) is 5.16. The van der Waals surface area contributed by atoms with E-state index in [1.165, 1.54) is 0 Å². The first-order chi connectivity index (χ1) is 6.74. The molecule has 0 radical (unpaired) electrons. The van der Waals surface area contributed by atoms with Gasteiger partial charge in [0.05, 0.1) is 13.1 Å². The summed E-state index contributed by atoms with van der Waals surface area (Å²) in [6, 6.07) is 0. The van der Waals surface area contributed by atoms with Gasteiger partial charge in [0, 0.05) is 26.2 Å². The number of nitrogens with one attached hydrogen (secondary N) is 1. The fourth-order valence-electron chi connectivity index (χ4n) is 1.46. The average molecular weight is 195 g/mol. The number of hydrogen-bond acceptors (Lipinski definition) is 3. The zero-order valence-electron chi connectivity index (χ0n) is 8.62. The Balaban J connectivity index is 2.30. The van der Waals surface area contributed by atoms with E-state index in [4.69, 9.17) is 6.42 Å². The Kier molecular flexibility index (Phi) is 4.44. The summed E-state index contributed by atoms with van der Waals surface area (Å²) in [5, 5.41) is 3.21. The number of carbonyl (C=O) groups is 1. The number of hydrogen-bond donors (Lipinski definition) is 1. The van der Waals surface area contributed by atoms with Crippen LogP contribution in [0, 0.1) is 12.3 Å². The zero-order chi connectivity index (χ0) is 10.4. The van der Waals surface area contributed by atoms with Crippen molar-refractivity contribution in [2.75, 3.05) is 46.3 Å². The van der Waals surface area contributed by atoms with E-state index in [-0.39, 0.29) is 5.91 Å². The number of piperazine rings is 1. The molecule has 0 spiro atoms. The predicted octanol–water partition coefficient (Wildman–Crippen LogP) is -1.02. The minimum atomic E-state index is 0.171. The first kappa shape index (κ1) is 11.0. The molecule has 0 bridgehead atoms. The average Bonchev–Trinajstić information content (AvgIpc) is 2.19. The standard InChI is InChI=1S/C10H17N3O/c1-3-6-12(2)9-10(14)13-7-4-11-5-8-13/h1,11H,4-9H2,2H3. The van der Waals surface area contributed by atoms with Gasteiger partial charge in [-0.3, -0.25) is 9.69 Å². The molecule has 1 heterocycles. The minimum Gasteiger partial charge on any atom is -0.339 e. The summed E-state index contributed by atoms with van der Waals surface area (Å²) in [6.45, 7) is 4.35. The number of carbonyl (C=O) groups excluding carboxylic acids is 1. The number of nitrogens with zero attached hydrogens (tertiary/aromatic N) is 2. The summed E-state index contributed by atoms with van der Waals surface area (Å²) in [5.74, 6) is 2.69. The fourth-order valence-corrected chi connectivity index (χ4v) is 1.46. The highest BCUT2D eigenvalue weighted by molar-refractivity contribution is 5.78. The Morgan fingerprint density at radius 1 is 1.57 bits per heavy atom. The molecule has 14 heavy (non-hydrogen) atoms. The Morgan fingerprint density at radius 2 is 2.21 bits per heavy atom. The summed E-state index contributed by atoms with van der Waals surface area (Å²) in [5.41, 5.74) is 0. The molecule has 78 valence electrons. The van der Waals surface area contributed by atoms with Gasteiger partial charge < -0.3 is 10.2 Å². The molecule has 1 rings (SSSR count). The lowest BCUT2D eigenvalue weighted by Gasteiger charge is -2.28. The van der Waals surface area contributed by atoms with Crippen molar-refractivity contribution in [2.45, 2.75) is 0 Å². The van der Waals surface area contributed by atoms with Gasteiger partial charge in [-0.1, -0.05) is 5.92 Å². The van der Waals surface area contributed by atoms with Crippen molar-refractivity contribution >= 4 is 5.91 Å². The van der Waals surface area contributed by atoms with Gasteiger partial charge in [0.1, 0.15) is 0 Å². The molecule has 1 fully saturated rings. The fraction of sp³-hybridized carbons (Fsp3) is 0.700. The van der Waals surface area contributed by atoms with E-state index in [1.54, 1.807) is 0 Å². The number of terminal acetylenes is 1. The third kappa shape index (κ3) is 3.36. The van der Waals surface area contributed by atoms with Gasteiger partial charge in [0.15, 0.2) is 0 Å². The second kappa shape index (κ2) is 5.63. The van der Waals surface area contributed by atoms with Crippen LogP contribution in [0.15, 0.2) is 0 Å². The van der Waals surface area contributed by atoms with Crippen LogP contribution in [0.25, 0.3) is 0 Å². The highest BCUT2D eigenvalue weighted by Gasteiger charge is 2.16. The van der Waals surface area contributed by atoms with Crippen LogP contribution in [-0.2, 0) is 4.79 Å². The second-order valence-corrected chi connectivity index (χ2v) is 3.51. The van der Waals surface area contributed by atoms with Gasteiger partial charge in [0.2, 0.25) is 5.91 Å². The van der Waals surface area contributed by atoms with Crippen molar-refractivity contribution in [3.8, 4) is 12.3 Å². The van der Waals surface area contributed by atoms with Crippen LogP contribution in [0.5, 0.6) is 0 Å². The van der Waals surface area contributed by atoms with Gasteiger partial charge in [-0.2, -0.15) is 0 Å². The van der Waals surface area contributed by atoms with Crippen molar-refractivity contribution in [3.63, 3.8) is 0 Å². The topological polar surface area (TPSA) is 35.6 Å². The lowest BCUT2D eigenvalue weighted by Crippen LogP contribution is -2.49. The molecular formula is C10H17N3O. The van der Waals surface area contributed by atoms with E-state index in [9.17, 15) is 4.79 Å². The molecule has 1 saturated heterocycles. The molecule has 0 aromatic carbocycles. The van der Waals surface area contributed by atoms with Crippen molar-refractivity contribution in [1.82, 2.24) is 15.1 Å². The second-order valence-electron chi connectivity index (χ2n) is 3.51. The molecule has 4 nitrogen and oxygen atoms in total. The maximum atomic E-state index is 11.7. The van der Waals surface area contributed by atoms with Crippen molar-refractivity contribution < 1.29 is 4.79 Å². The zero-order valence-corrected chi connectivity index (χ0v) is 8.62. The van der Waals surface area contributed by atoms with Crippen molar-refractivity contribution in [2.24, 2.45) is 0 Å². The van der Waals surface area contributed by atoms with Gasteiger partial charge in [-0.15, -0.1) is 6.42 Å². The first-order valence-corrected chi connectivity index (χ1v) is 4.84. The van der Waals surface area contributed by atoms with Crippen LogP contribution in [0.1, 0.15) is 0 Å². The molecular weight excluding hydrogens is 178 g/mol. The molecule has 1 aliphatic heterocycles.